The fraction of sp³-hybridized carbons (Fsp3) is 0.214. The van der Waals surface area contributed by atoms with E-state index >= 15 is 0 Å². The molecule has 18 heavy (non-hydrogen) atoms. The van der Waals surface area contributed by atoms with E-state index in [0.29, 0.717) is 0 Å². The molecule has 0 spiro atoms. The van der Waals surface area contributed by atoms with Crippen LogP contribution in [0.3, 0.4) is 0 Å². The molecular weight excluding hydrogens is 357 g/mol. The minimum absolute atomic E-state index is 0.126. The van der Waals surface area contributed by atoms with Crippen LogP contribution in [0.2, 0.25) is 0 Å². The van der Waals surface area contributed by atoms with Crippen LogP contribution < -0.4 is 4.90 Å². The first-order valence-electron chi connectivity index (χ1n) is 5.89. The van der Waals surface area contributed by atoms with Gasteiger partial charge in [-0.25, -0.2) is 0 Å². The molecule has 0 N–H and O–H groups in total. The summed E-state index contributed by atoms with van der Waals surface area (Å²) in [6.45, 7) is 0.822. The molecular formula is C14H12INOS. The van der Waals surface area contributed by atoms with E-state index in [2.05, 4.69) is 28.7 Å². The number of benzene rings is 1. The highest BCUT2D eigenvalue weighted by atomic mass is 127. The molecule has 1 aromatic heterocycles. The van der Waals surface area contributed by atoms with E-state index in [0.717, 1.165) is 33.5 Å². The van der Waals surface area contributed by atoms with Gasteiger partial charge in [-0.2, -0.15) is 0 Å². The molecule has 1 aromatic carbocycles. The van der Waals surface area contributed by atoms with E-state index in [9.17, 15) is 4.79 Å². The molecule has 0 atom stereocenters. The van der Waals surface area contributed by atoms with Crippen LogP contribution >= 0.6 is 33.9 Å². The normalized spacial score (nSPS) is 14.4. The highest BCUT2D eigenvalue weighted by Gasteiger charge is 2.23. The maximum absolute atomic E-state index is 12.5. The second kappa shape index (κ2) is 5.01. The largest absolute Gasteiger partial charge is 0.308 e. The van der Waals surface area contributed by atoms with Gasteiger partial charge in [0.15, 0.2) is 0 Å². The molecule has 1 amide bonds. The van der Waals surface area contributed by atoms with Crippen molar-refractivity contribution in [1.29, 1.82) is 0 Å². The Balaban J connectivity index is 1.96. The number of amides is 1. The smallest absolute Gasteiger partial charge is 0.259 e. The molecule has 92 valence electrons. The Morgan fingerprint density at radius 1 is 1.33 bits per heavy atom. The van der Waals surface area contributed by atoms with E-state index in [-0.39, 0.29) is 5.91 Å². The fourth-order valence-corrected chi connectivity index (χ4v) is 3.64. The summed E-state index contributed by atoms with van der Waals surface area (Å²) in [5, 5.41) is 1.95. The lowest BCUT2D eigenvalue weighted by Gasteiger charge is -2.29. The molecule has 1 aliphatic rings. The predicted octanol–water partition coefficient (Wildman–Crippen LogP) is 3.95. The van der Waals surface area contributed by atoms with Crippen molar-refractivity contribution in [1.82, 2.24) is 0 Å². The number of carbonyl (C=O) groups is 1. The summed E-state index contributed by atoms with van der Waals surface area (Å²) >= 11 is 3.87. The molecule has 3 rings (SSSR count). The van der Waals surface area contributed by atoms with Gasteiger partial charge in [-0.05, 0) is 53.1 Å². The Kier molecular flexibility index (Phi) is 3.39. The SMILES string of the molecule is O=C(c1csc(I)c1)N1CCCc2ccccc21. The summed E-state index contributed by atoms with van der Waals surface area (Å²) in [5.41, 5.74) is 3.16. The Labute approximate surface area is 124 Å². The van der Waals surface area contributed by atoms with E-state index in [4.69, 9.17) is 0 Å². The summed E-state index contributed by atoms with van der Waals surface area (Å²) in [6.07, 6.45) is 2.12. The minimum atomic E-state index is 0.126. The molecule has 2 nitrogen and oxygen atoms in total. The van der Waals surface area contributed by atoms with E-state index < -0.39 is 0 Å². The lowest BCUT2D eigenvalue weighted by molar-refractivity contribution is 0.0985. The van der Waals surface area contributed by atoms with Crippen LogP contribution in [0, 0.1) is 2.88 Å². The molecule has 0 bridgehead atoms. The third kappa shape index (κ3) is 2.19. The number of halogens is 1. The van der Waals surface area contributed by atoms with Crippen molar-refractivity contribution >= 4 is 45.5 Å². The van der Waals surface area contributed by atoms with Crippen molar-refractivity contribution in [3.63, 3.8) is 0 Å². The van der Waals surface area contributed by atoms with Crippen LogP contribution in [0.15, 0.2) is 35.7 Å². The van der Waals surface area contributed by atoms with Gasteiger partial charge in [0.05, 0.1) is 8.45 Å². The van der Waals surface area contributed by atoms with Crippen molar-refractivity contribution in [2.24, 2.45) is 0 Å². The average molecular weight is 369 g/mol. The Bertz CT molecular complexity index is 593. The lowest BCUT2D eigenvalue weighted by atomic mass is 10.0. The second-order valence-corrected chi connectivity index (χ2v) is 7.13. The molecule has 0 saturated heterocycles. The zero-order valence-electron chi connectivity index (χ0n) is 9.73. The van der Waals surface area contributed by atoms with Gasteiger partial charge in [0.2, 0.25) is 0 Å². The highest BCUT2D eigenvalue weighted by molar-refractivity contribution is 14.1. The summed E-state index contributed by atoms with van der Waals surface area (Å²) in [7, 11) is 0. The average Bonchev–Trinajstić information content (AvgIpc) is 2.84. The van der Waals surface area contributed by atoms with Gasteiger partial charge in [0.25, 0.3) is 5.91 Å². The molecule has 2 heterocycles. The van der Waals surface area contributed by atoms with Gasteiger partial charge >= 0.3 is 0 Å². The fourth-order valence-electron chi connectivity index (χ4n) is 2.32. The molecule has 0 fully saturated rings. The van der Waals surface area contributed by atoms with Gasteiger partial charge in [0, 0.05) is 17.6 Å². The summed E-state index contributed by atoms with van der Waals surface area (Å²) in [4.78, 5) is 14.4. The predicted molar refractivity (Wildman–Crippen MR) is 83.5 cm³/mol. The van der Waals surface area contributed by atoms with E-state index in [1.165, 1.54) is 5.56 Å². The first-order chi connectivity index (χ1) is 8.75. The molecule has 2 aromatic rings. The number of aryl methyl sites for hydroxylation is 1. The monoisotopic (exact) mass is 369 g/mol. The number of rotatable bonds is 1. The Hall–Kier alpha value is -0.880. The van der Waals surface area contributed by atoms with Crippen LogP contribution in [0.4, 0.5) is 5.69 Å². The number of hydrogen-bond acceptors (Lipinski definition) is 2. The van der Waals surface area contributed by atoms with Crippen molar-refractivity contribution < 1.29 is 4.79 Å². The van der Waals surface area contributed by atoms with Gasteiger partial charge in [-0.15, -0.1) is 11.3 Å². The third-order valence-corrected chi connectivity index (χ3v) is 4.96. The Morgan fingerprint density at radius 2 is 2.17 bits per heavy atom. The maximum Gasteiger partial charge on any atom is 0.259 e. The number of hydrogen-bond donors (Lipinski definition) is 0. The number of carbonyl (C=O) groups excluding carboxylic acids is 1. The highest BCUT2D eigenvalue weighted by Crippen LogP contribution is 2.29. The molecule has 0 saturated carbocycles. The van der Waals surface area contributed by atoms with Crippen LogP contribution in [-0.4, -0.2) is 12.5 Å². The zero-order valence-corrected chi connectivity index (χ0v) is 12.7. The van der Waals surface area contributed by atoms with Crippen LogP contribution in [0.25, 0.3) is 0 Å². The Morgan fingerprint density at radius 3 is 2.94 bits per heavy atom. The number of para-hydroxylation sites is 1. The van der Waals surface area contributed by atoms with Crippen molar-refractivity contribution in [2.45, 2.75) is 12.8 Å². The van der Waals surface area contributed by atoms with Crippen molar-refractivity contribution in [3.05, 3.63) is 49.7 Å². The molecule has 0 radical (unpaired) electrons. The summed E-state index contributed by atoms with van der Waals surface area (Å²) in [6, 6.07) is 10.2. The number of anilines is 1. The minimum Gasteiger partial charge on any atom is -0.308 e. The lowest BCUT2D eigenvalue weighted by Crippen LogP contribution is -2.35. The summed E-state index contributed by atoms with van der Waals surface area (Å²) < 4.78 is 1.15. The van der Waals surface area contributed by atoms with Gasteiger partial charge in [-0.1, -0.05) is 18.2 Å². The van der Waals surface area contributed by atoms with Gasteiger partial charge < -0.3 is 4.90 Å². The van der Waals surface area contributed by atoms with Crippen molar-refractivity contribution in [2.75, 3.05) is 11.4 Å². The van der Waals surface area contributed by atoms with Crippen LogP contribution in [0.5, 0.6) is 0 Å². The maximum atomic E-state index is 12.5. The first-order valence-corrected chi connectivity index (χ1v) is 7.85. The summed E-state index contributed by atoms with van der Waals surface area (Å²) in [5.74, 6) is 0.126. The van der Waals surface area contributed by atoms with Crippen LogP contribution in [0.1, 0.15) is 22.3 Å². The quantitative estimate of drug-likeness (QED) is 0.698. The molecule has 0 aliphatic carbocycles. The van der Waals surface area contributed by atoms with Crippen LogP contribution in [-0.2, 0) is 6.42 Å². The second-order valence-electron chi connectivity index (χ2n) is 4.33. The number of nitrogens with zero attached hydrogens (tertiary/aromatic N) is 1. The standard InChI is InChI=1S/C14H12INOS/c15-13-8-11(9-18-13)14(17)16-7-3-5-10-4-1-2-6-12(10)16/h1-2,4,6,8-9H,3,5,7H2. The third-order valence-electron chi connectivity index (χ3n) is 3.17. The molecule has 1 aliphatic heterocycles. The van der Waals surface area contributed by atoms with E-state index in [1.807, 2.05) is 34.5 Å². The number of thiophene rings is 1. The van der Waals surface area contributed by atoms with E-state index in [1.54, 1.807) is 11.3 Å². The molecule has 4 heteroatoms. The number of fused-ring (bicyclic) bond motifs is 1. The zero-order chi connectivity index (χ0) is 12.5. The topological polar surface area (TPSA) is 20.3 Å². The van der Waals surface area contributed by atoms with Crippen molar-refractivity contribution in [3.8, 4) is 0 Å². The van der Waals surface area contributed by atoms with Gasteiger partial charge in [-0.3, -0.25) is 4.79 Å². The van der Waals surface area contributed by atoms with Gasteiger partial charge in [0.1, 0.15) is 0 Å². The first kappa shape index (κ1) is 12.2. The molecule has 0 unspecified atom stereocenters.